The topological polar surface area (TPSA) is 25.8 Å². The first kappa shape index (κ1) is 14.7. The standard InChI is InChI=1S/C24H28N2/c1-16(2)21-15-25-23(26-22(21)24(4,5)6)19-13-12-17(3)20(14-19)18-10-8-7-9-11-18/h7-16H,1-6H3/i3D3. The molecule has 0 atom stereocenters. The summed E-state index contributed by atoms with van der Waals surface area (Å²) in [6, 6.07) is 15.0. The predicted octanol–water partition coefficient (Wildman–Crippen LogP) is 6.54. The lowest BCUT2D eigenvalue weighted by atomic mass is 9.85. The first-order chi connectivity index (χ1) is 13.5. The minimum Gasteiger partial charge on any atom is -0.236 e. The SMILES string of the molecule is [2H]C([2H])([2H])c1ccc(-c2ncc(C(C)C)c(C(C)(C)C)n2)cc1-c1ccccc1. The fourth-order valence-corrected chi connectivity index (χ4v) is 3.09. The third kappa shape index (κ3) is 3.70. The first-order valence-corrected chi connectivity index (χ1v) is 9.06. The molecule has 2 aromatic carbocycles. The summed E-state index contributed by atoms with van der Waals surface area (Å²) in [7, 11) is 0. The van der Waals surface area contributed by atoms with Gasteiger partial charge in [0.1, 0.15) is 0 Å². The molecule has 2 nitrogen and oxygen atoms in total. The molecule has 26 heavy (non-hydrogen) atoms. The molecular formula is C24H28N2. The Labute approximate surface area is 161 Å². The average Bonchev–Trinajstić information content (AvgIpc) is 2.66. The van der Waals surface area contributed by atoms with Crippen LogP contribution in [0.2, 0.25) is 0 Å². The van der Waals surface area contributed by atoms with Crippen molar-refractivity contribution in [3.63, 3.8) is 0 Å². The Morgan fingerprint density at radius 3 is 2.31 bits per heavy atom. The fourth-order valence-electron chi connectivity index (χ4n) is 3.09. The Hall–Kier alpha value is -2.48. The number of rotatable bonds is 3. The number of hydrogen-bond donors (Lipinski definition) is 0. The summed E-state index contributed by atoms with van der Waals surface area (Å²) in [4.78, 5) is 9.53. The van der Waals surface area contributed by atoms with E-state index in [4.69, 9.17) is 9.10 Å². The zero-order valence-electron chi connectivity index (χ0n) is 19.2. The molecule has 0 radical (unpaired) electrons. The number of aromatic nitrogens is 2. The Kier molecular flexibility index (Phi) is 3.96. The quantitative estimate of drug-likeness (QED) is 0.537. The molecule has 0 N–H and O–H groups in total. The van der Waals surface area contributed by atoms with E-state index in [-0.39, 0.29) is 5.41 Å². The van der Waals surface area contributed by atoms with Crippen molar-refractivity contribution in [2.24, 2.45) is 0 Å². The summed E-state index contributed by atoms with van der Waals surface area (Å²) in [5.41, 5.74) is 4.77. The van der Waals surface area contributed by atoms with E-state index in [0.29, 0.717) is 22.9 Å². The first-order valence-electron chi connectivity index (χ1n) is 10.6. The highest BCUT2D eigenvalue weighted by atomic mass is 14.9. The van der Waals surface area contributed by atoms with E-state index >= 15 is 0 Å². The van der Waals surface area contributed by atoms with E-state index in [1.807, 2.05) is 48.7 Å². The van der Waals surface area contributed by atoms with Crippen molar-refractivity contribution in [2.75, 3.05) is 0 Å². The van der Waals surface area contributed by atoms with Crippen LogP contribution < -0.4 is 0 Å². The van der Waals surface area contributed by atoms with Crippen molar-refractivity contribution in [1.29, 1.82) is 0 Å². The van der Waals surface area contributed by atoms with E-state index in [2.05, 4.69) is 39.6 Å². The van der Waals surface area contributed by atoms with Gasteiger partial charge in [0, 0.05) is 21.3 Å². The van der Waals surface area contributed by atoms with Gasteiger partial charge in [0.2, 0.25) is 0 Å². The van der Waals surface area contributed by atoms with Crippen LogP contribution in [-0.2, 0) is 5.41 Å². The van der Waals surface area contributed by atoms with Gasteiger partial charge >= 0.3 is 0 Å². The van der Waals surface area contributed by atoms with E-state index in [9.17, 15) is 0 Å². The van der Waals surface area contributed by atoms with E-state index in [1.54, 1.807) is 6.07 Å². The molecule has 0 aliphatic rings. The molecule has 2 heteroatoms. The van der Waals surface area contributed by atoms with Crippen LogP contribution in [0.4, 0.5) is 0 Å². The van der Waals surface area contributed by atoms with Crippen LogP contribution in [0.15, 0.2) is 54.7 Å². The van der Waals surface area contributed by atoms with E-state index in [1.165, 1.54) is 0 Å². The molecule has 3 aromatic rings. The van der Waals surface area contributed by atoms with Gasteiger partial charge in [-0.3, -0.25) is 0 Å². The number of aryl methyl sites for hydroxylation is 1. The smallest absolute Gasteiger partial charge is 0.159 e. The number of benzene rings is 2. The largest absolute Gasteiger partial charge is 0.236 e. The van der Waals surface area contributed by atoms with Gasteiger partial charge in [-0.2, -0.15) is 0 Å². The molecule has 0 saturated carbocycles. The van der Waals surface area contributed by atoms with Crippen LogP contribution in [0.1, 0.15) is 61.5 Å². The van der Waals surface area contributed by atoms with Gasteiger partial charge in [0.15, 0.2) is 5.82 Å². The summed E-state index contributed by atoms with van der Waals surface area (Å²) in [6.07, 6.45) is 1.91. The molecule has 0 fully saturated rings. The molecule has 0 unspecified atom stereocenters. The van der Waals surface area contributed by atoms with Crippen LogP contribution in [-0.4, -0.2) is 9.97 Å². The number of nitrogens with zero attached hydrogens (tertiary/aromatic N) is 2. The zero-order chi connectivity index (χ0) is 21.4. The second-order valence-electron chi connectivity index (χ2n) is 8.03. The maximum atomic E-state index is 7.93. The molecule has 1 heterocycles. The van der Waals surface area contributed by atoms with Gasteiger partial charge in [-0.1, -0.05) is 77.1 Å². The van der Waals surface area contributed by atoms with Crippen molar-refractivity contribution < 1.29 is 4.11 Å². The summed E-state index contributed by atoms with van der Waals surface area (Å²) >= 11 is 0. The summed E-state index contributed by atoms with van der Waals surface area (Å²) in [5, 5.41) is 0. The summed E-state index contributed by atoms with van der Waals surface area (Å²) < 4.78 is 23.8. The zero-order valence-corrected chi connectivity index (χ0v) is 16.2. The Bertz CT molecular complexity index is 1000. The Balaban J connectivity index is 2.20. The van der Waals surface area contributed by atoms with Crippen LogP contribution in [0.25, 0.3) is 22.5 Å². The molecule has 0 spiro atoms. The minimum absolute atomic E-state index is 0.113. The van der Waals surface area contributed by atoms with Gasteiger partial charge in [0.25, 0.3) is 0 Å². The van der Waals surface area contributed by atoms with Gasteiger partial charge in [-0.25, -0.2) is 9.97 Å². The van der Waals surface area contributed by atoms with Crippen LogP contribution in [0.5, 0.6) is 0 Å². The average molecular weight is 348 g/mol. The van der Waals surface area contributed by atoms with Crippen molar-refractivity contribution in [3.05, 3.63) is 71.5 Å². The lowest BCUT2D eigenvalue weighted by Crippen LogP contribution is -2.18. The predicted molar refractivity (Wildman–Crippen MR) is 110 cm³/mol. The maximum absolute atomic E-state index is 7.93. The molecule has 134 valence electrons. The second kappa shape index (κ2) is 7.03. The van der Waals surface area contributed by atoms with Gasteiger partial charge in [0.05, 0.1) is 5.69 Å². The maximum Gasteiger partial charge on any atom is 0.159 e. The molecule has 0 amide bonds. The third-order valence-corrected chi connectivity index (χ3v) is 4.51. The highest BCUT2D eigenvalue weighted by Crippen LogP contribution is 2.32. The molecule has 1 aromatic heterocycles. The van der Waals surface area contributed by atoms with Crippen molar-refractivity contribution >= 4 is 0 Å². The fraction of sp³-hybridized carbons (Fsp3) is 0.333. The molecule has 0 aliphatic heterocycles. The summed E-state index contributed by atoms with van der Waals surface area (Å²) in [6.45, 7) is 8.55. The monoisotopic (exact) mass is 347 g/mol. The van der Waals surface area contributed by atoms with Crippen LogP contribution >= 0.6 is 0 Å². The van der Waals surface area contributed by atoms with Crippen molar-refractivity contribution in [2.45, 2.75) is 52.8 Å². The lowest BCUT2D eigenvalue weighted by molar-refractivity contribution is 0.553. The minimum atomic E-state index is -2.19. The highest BCUT2D eigenvalue weighted by Gasteiger charge is 2.23. The Morgan fingerprint density at radius 1 is 0.962 bits per heavy atom. The molecule has 0 bridgehead atoms. The number of hydrogen-bond acceptors (Lipinski definition) is 2. The van der Waals surface area contributed by atoms with Crippen LogP contribution in [0.3, 0.4) is 0 Å². The van der Waals surface area contributed by atoms with Crippen LogP contribution in [0, 0.1) is 6.85 Å². The second-order valence-corrected chi connectivity index (χ2v) is 8.03. The van der Waals surface area contributed by atoms with Gasteiger partial charge in [-0.15, -0.1) is 0 Å². The van der Waals surface area contributed by atoms with Gasteiger partial charge < -0.3 is 0 Å². The molecule has 0 saturated heterocycles. The van der Waals surface area contributed by atoms with Crippen molar-refractivity contribution in [1.82, 2.24) is 9.97 Å². The van der Waals surface area contributed by atoms with Gasteiger partial charge in [-0.05, 0) is 41.1 Å². The van der Waals surface area contributed by atoms with E-state index in [0.717, 1.165) is 22.4 Å². The van der Waals surface area contributed by atoms with Crippen molar-refractivity contribution in [3.8, 4) is 22.5 Å². The normalized spacial score (nSPS) is 14.0. The molecule has 0 aliphatic carbocycles. The molecular weight excluding hydrogens is 316 g/mol. The Morgan fingerprint density at radius 2 is 1.69 bits per heavy atom. The third-order valence-electron chi connectivity index (χ3n) is 4.51. The highest BCUT2D eigenvalue weighted by molar-refractivity contribution is 5.73. The lowest BCUT2D eigenvalue weighted by Gasteiger charge is -2.23. The molecule has 3 rings (SSSR count). The van der Waals surface area contributed by atoms with E-state index < -0.39 is 6.85 Å². The summed E-state index contributed by atoms with van der Waals surface area (Å²) in [5.74, 6) is 0.949.